The van der Waals surface area contributed by atoms with Gasteiger partial charge in [0.2, 0.25) is 0 Å². The van der Waals surface area contributed by atoms with E-state index in [0.717, 1.165) is 10.5 Å². The van der Waals surface area contributed by atoms with Crippen LogP contribution in [0.5, 0.6) is 0 Å². The van der Waals surface area contributed by atoms with E-state index in [1.165, 1.54) is 5.19 Å². The fourth-order valence-electron chi connectivity index (χ4n) is 0.741. The van der Waals surface area contributed by atoms with Crippen molar-refractivity contribution in [2.24, 2.45) is 0 Å². The molecule has 10 heavy (non-hydrogen) atoms. The third kappa shape index (κ3) is 3.61. The standard InChI is InChI=1S/C6H10OSi2.Zr/c8-7-9-6-4-2-1-3-5-6;/h1-5H,9H2,8H3;. The van der Waals surface area contributed by atoms with Crippen LogP contribution in [-0.4, -0.2) is 20.2 Å². The van der Waals surface area contributed by atoms with Crippen molar-refractivity contribution in [1.29, 1.82) is 0 Å². The second kappa shape index (κ2) is 6.22. The third-order valence-electron chi connectivity index (χ3n) is 1.15. The van der Waals surface area contributed by atoms with Gasteiger partial charge in [-0.3, -0.25) is 0 Å². The zero-order valence-electron chi connectivity index (χ0n) is 6.00. The van der Waals surface area contributed by atoms with E-state index in [-0.39, 0.29) is 36.0 Å². The Labute approximate surface area is 85.8 Å². The molecule has 0 aromatic heterocycles. The molecule has 0 aliphatic rings. The molecule has 0 unspecified atom stereocenters. The van der Waals surface area contributed by atoms with Crippen molar-refractivity contribution < 1.29 is 30.3 Å². The molecule has 0 amide bonds. The van der Waals surface area contributed by atoms with E-state index in [2.05, 4.69) is 24.3 Å². The molecule has 1 rings (SSSR count). The summed E-state index contributed by atoms with van der Waals surface area (Å²) in [6.45, 7) is 0. The van der Waals surface area contributed by atoms with Crippen molar-refractivity contribution >= 4 is 25.4 Å². The molecule has 52 valence electrons. The average Bonchev–Trinajstić information content (AvgIpc) is 1.91. The van der Waals surface area contributed by atoms with Crippen LogP contribution in [0.25, 0.3) is 0 Å². The molecule has 1 aromatic rings. The van der Waals surface area contributed by atoms with Crippen LogP contribution in [0.2, 0.25) is 0 Å². The fourth-order valence-corrected chi connectivity index (χ4v) is 2.54. The Morgan fingerprint density at radius 1 is 1.20 bits per heavy atom. The fraction of sp³-hybridized carbons (Fsp3) is 0. The van der Waals surface area contributed by atoms with Crippen LogP contribution in [0.15, 0.2) is 30.3 Å². The second-order valence-corrected chi connectivity index (χ2v) is 5.33. The van der Waals surface area contributed by atoms with Crippen LogP contribution in [-0.2, 0) is 30.3 Å². The van der Waals surface area contributed by atoms with E-state index in [0.29, 0.717) is 0 Å². The monoisotopic (exact) mass is 244 g/mol. The molecule has 0 spiro atoms. The molecule has 0 heterocycles. The van der Waals surface area contributed by atoms with Gasteiger partial charge in [-0.1, -0.05) is 30.3 Å². The van der Waals surface area contributed by atoms with Gasteiger partial charge >= 0.3 is 0 Å². The average molecular weight is 246 g/mol. The van der Waals surface area contributed by atoms with Gasteiger partial charge in [0.15, 0.2) is 9.76 Å². The molecule has 0 fully saturated rings. The van der Waals surface area contributed by atoms with E-state index < -0.39 is 0 Å². The van der Waals surface area contributed by atoms with E-state index in [1.54, 1.807) is 0 Å². The quantitative estimate of drug-likeness (QED) is 0.588. The Morgan fingerprint density at radius 3 is 2.30 bits per heavy atom. The molecular formula is C6H10OSi2Zr. The molecular weight excluding hydrogens is 235 g/mol. The number of benzene rings is 1. The Bertz CT molecular complexity index is 169. The molecule has 0 bridgehead atoms. The molecule has 0 radical (unpaired) electrons. The van der Waals surface area contributed by atoms with E-state index in [1.807, 2.05) is 6.07 Å². The summed E-state index contributed by atoms with van der Waals surface area (Å²) in [5, 5.41) is 1.40. The van der Waals surface area contributed by atoms with Crippen LogP contribution in [0.3, 0.4) is 0 Å². The van der Waals surface area contributed by atoms with Gasteiger partial charge in [-0.15, -0.1) is 0 Å². The minimum Gasteiger partial charge on any atom is -0.465 e. The normalized spacial score (nSPS) is 10.0. The minimum atomic E-state index is -0.339. The van der Waals surface area contributed by atoms with Gasteiger partial charge in [-0.05, 0) is 5.19 Å². The maximum atomic E-state index is 5.21. The Hall–Kier alpha value is 0.497. The van der Waals surface area contributed by atoms with E-state index >= 15 is 0 Å². The first-order valence-electron chi connectivity index (χ1n) is 2.96. The number of hydrogen-bond acceptors (Lipinski definition) is 1. The second-order valence-electron chi connectivity index (χ2n) is 1.92. The largest absolute Gasteiger partial charge is 0.465 e. The molecule has 0 saturated heterocycles. The van der Waals surface area contributed by atoms with Crippen molar-refractivity contribution in [3.63, 3.8) is 0 Å². The predicted molar refractivity (Wildman–Crippen MR) is 45.6 cm³/mol. The maximum Gasteiger partial charge on any atom is 0.178 e. The van der Waals surface area contributed by atoms with Gasteiger partial charge in [0.05, 0.1) is 0 Å². The Morgan fingerprint density at radius 2 is 1.80 bits per heavy atom. The van der Waals surface area contributed by atoms with Gasteiger partial charge in [0.1, 0.15) is 10.5 Å². The van der Waals surface area contributed by atoms with E-state index in [4.69, 9.17) is 4.12 Å². The van der Waals surface area contributed by atoms with Crippen molar-refractivity contribution in [3.05, 3.63) is 30.3 Å². The summed E-state index contributed by atoms with van der Waals surface area (Å²) in [6, 6.07) is 10.4. The van der Waals surface area contributed by atoms with Gasteiger partial charge in [-0.25, -0.2) is 0 Å². The maximum absolute atomic E-state index is 5.21. The summed E-state index contributed by atoms with van der Waals surface area (Å²) < 4.78 is 5.21. The summed E-state index contributed by atoms with van der Waals surface area (Å²) >= 11 is 0. The summed E-state index contributed by atoms with van der Waals surface area (Å²) in [4.78, 5) is 0. The molecule has 4 heteroatoms. The van der Waals surface area contributed by atoms with Gasteiger partial charge < -0.3 is 4.12 Å². The summed E-state index contributed by atoms with van der Waals surface area (Å²) in [7, 11) is 0.546. The topological polar surface area (TPSA) is 9.23 Å². The number of rotatable bonds is 2. The Kier molecular flexibility index (Phi) is 6.53. The molecule has 0 aliphatic carbocycles. The van der Waals surface area contributed by atoms with Crippen LogP contribution >= 0.6 is 0 Å². The molecule has 1 nitrogen and oxygen atoms in total. The molecule has 0 saturated carbocycles. The first kappa shape index (κ1) is 10.5. The summed E-state index contributed by atoms with van der Waals surface area (Å²) in [5.41, 5.74) is 0. The van der Waals surface area contributed by atoms with E-state index in [9.17, 15) is 0 Å². The van der Waals surface area contributed by atoms with Crippen molar-refractivity contribution in [1.82, 2.24) is 0 Å². The van der Waals surface area contributed by atoms with Crippen LogP contribution in [0.4, 0.5) is 0 Å². The summed E-state index contributed by atoms with van der Waals surface area (Å²) in [6.07, 6.45) is 0. The van der Waals surface area contributed by atoms with Gasteiger partial charge in [0, 0.05) is 26.2 Å². The van der Waals surface area contributed by atoms with Crippen molar-refractivity contribution in [2.45, 2.75) is 0 Å². The first-order chi connectivity index (χ1) is 4.43. The Balaban J connectivity index is 0.000000810. The smallest absolute Gasteiger partial charge is 0.178 e. The van der Waals surface area contributed by atoms with Crippen LogP contribution in [0.1, 0.15) is 0 Å². The SMILES string of the molecule is [SiH3]O[SiH2]c1ccccc1.[Zr]. The first-order valence-corrected chi connectivity index (χ1v) is 5.06. The van der Waals surface area contributed by atoms with Crippen LogP contribution in [0, 0.1) is 0 Å². The van der Waals surface area contributed by atoms with Crippen molar-refractivity contribution in [3.8, 4) is 0 Å². The molecule has 1 aromatic carbocycles. The number of hydrogen-bond donors (Lipinski definition) is 0. The van der Waals surface area contributed by atoms with Crippen molar-refractivity contribution in [2.75, 3.05) is 0 Å². The predicted octanol–water partition coefficient (Wildman–Crippen LogP) is -1.31. The van der Waals surface area contributed by atoms with Gasteiger partial charge in [-0.2, -0.15) is 0 Å². The third-order valence-corrected chi connectivity index (χ3v) is 3.11. The van der Waals surface area contributed by atoms with Crippen LogP contribution < -0.4 is 5.19 Å². The zero-order chi connectivity index (χ0) is 6.53. The zero-order valence-corrected chi connectivity index (χ0v) is 11.9. The molecule has 0 atom stereocenters. The molecule has 0 N–H and O–H groups in total. The summed E-state index contributed by atoms with van der Waals surface area (Å²) in [5.74, 6) is 0. The van der Waals surface area contributed by atoms with Gasteiger partial charge in [0.25, 0.3) is 0 Å². The molecule has 0 aliphatic heterocycles. The minimum absolute atomic E-state index is 0.